The molecule has 2 aliphatic heterocycles. The lowest BCUT2D eigenvalue weighted by molar-refractivity contribution is 0.0229. The Bertz CT molecular complexity index is 1860. The molecular weight excluding hydrogens is 564 g/mol. The van der Waals surface area contributed by atoms with Crippen LogP contribution in [-0.4, -0.2) is 49.6 Å². The number of nitrogens with one attached hydrogen (secondary N) is 3. The average molecular weight is 605 g/mol. The number of rotatable bonds is 7. The van der Waals surface area contributed by atoms with Crippen molar-refractivity contribution in [2.75, 3.05) is 13.1 Å². The molecule has 1 saturated heterocycles. The molecular formula is C36H40N6O3. The molecule has 9 nitrogen and oxygen atoms in total. The van der Waals surface area contributed by atoms with Gasteiger partial charge in [0.1, 0.15) is 29.6 Å². The highest BCUT2D eigenvalue weighted by Gasteiger charge is 2.24. The van der Waals surface area contributed by atoms with Crippen LogP contribution in [0.15, 0.2) is 60.9 Å². The molecule has 0 radical (unpaired) electrons. The Balaban J connectivity index is 1.11. The molecule has 0 aliphatic carbocycles. The summed E-state index contributed by atoms with van der Waals surface area (Å²) in [7, 11) is 0. The molecule has 0 bridgehead atoms. The van der Waals surface area contributed by atoms with Gasteiger partial charge in [-0.05, 0) is 86.9 Å². The van der Waals surface area contributed by atoms with Crippen molar-refractivity contribution in [2.24, 2.45) is 0 Å². The third kappa shape index (κ3) is 5.92. The molecule has 3 aromatic carbocycles. The number of hydrogen-bond donors (Lipinski definition) is 3. The minimum absolute atomic E-state index is 0.316. The number of aromatic amines is 2. The molecule has 45 heavy (non-hydrogen) atoms. The molecule has 5 aromatic rings. The first-order valence-corrected chi connectivity index (χ1v) is 15.9. The van der Waals surface area contributed by atoms with E-state index in [1.165, 1.54) is 17.5 Å². The maximum Gasteiger partial charge on any atom is 0.410 e. The molecule has 2 aromatic heterocycles. The highest BCUT2D eigenvalue weighted by atomic mass is 16.6. The topological polar surface area (TPSA) is 108 Å². The second kappa shape index (κ2) is 11.7. The maximum absolute atomic E-state index is 12.7. The third-order valence-corrected chi connectivity index (χ3v) is 8.46. The third-order valence-electron chi connectivity index (χ3n) is 8.46. The van der Waals surface area contributed by atoms with Gasteiger partial charge in [-0.2, -0.15) is 0 Å². The van der Waals surface area contributed by atoms with E-state index in [2.05, 4.69) is 73.8 Å². The fourth-order valence-corrected chi connectivity index (χ4v) is 6.31. The van der Waals surface area contributed by atoms with Gasteiger partial charge < -0.3 is 29.7 Å². The highest BCUT2D eigenvalue weighted by molar-refractivity contribution is 5.98. The Morgan fingerprint density at radius 2 is 1.78 bits per heavy atom. The van der Waals surface area contributed by atoms with Crippen molar-refractivity contribution < 1.29 is 14.3 Å². The van der Waals surface area contributed by atoms with Gasteiger partial charge >= 0.3 is 6.09 Å². The summed E-state index contributed by atoms with van der Waals surface area (Å²) in [6.07, 6.45) is 6.57. The van der Waals surface area contributed by atoms with Crippen molar-refractivity contribution in [3.05, 3.63) is 78.1 Å². The Labute approximate surface area is 263 Å². The first kappa shape index (κ1) is 29.1. The molecule has 1 fully saturated rings. The molecule has 2 aliphatic rings. The van der Waals surface area contributed by atoms with E-state index in [0.29, 0.717) is 25.7 Å². The fourth-order valence-electron chi connectivity index (χ4n) is 6.31. The van der Waals surface area contributed by atoms with Crippen LogP contribution >= 0.6 is 0 Å². The van der Waals surface area contributed by atoms with E-state index < -0.39 is 5.60 Å². The maximum atomic E-state index is 12.7. The zero-order valence-electron chi connectivity index (χ0n) is 26.4. The standard InChI is InChI=1S/C36H40N6O3/c1-5-15-42(35(43)45-36(2,3)4)20-32-38-18-30(40-32)23-10-12-27-22(16-23)8-13-28-26-11-9-24(17-25(26)21-44-33(27)28)31-19-39-34(41-31)29-7-6-14-37-29/h8-13,16-19,29,37H,5-7,14-15,20-21H2,1-4H3,(H,38,40)(H,39,41). The second-order valence-corrected chi connectivity index (χ2v) is 13.0. The lowest BCUT2D eigenvalue weighted by Gasteiger charge is -2.26. The van der Waals surface area contributed by atoms with E-state index in [1.807, 2.05) is 40.1 Å². The zero-order valence-corrected chi connectivity index (χ0v) is 26.4. The smallest absolute Gasteiger partial charge is 0.410 e. The summed E-state index contributed by atoms with van der Waals surface area (Å²) < 4.78 is 12.0. The van der Waals surface area contributed by atoms with E-state index in [9.17, 15) is 4.79 Å². The number of hydrogen-bond acceptors (Lipinski definition) is 6. The lowest BCUT2D eigenvalue weighted by atomic mass is 9.92. The van der Waals surface area contributed by atoms with Crippen molar-refractivity contribution in [2.45, 2.75) is 71.8 Å². The number of nitrogens with zero attached hydrogens (tertiary/aromatic N) is 3. The predicted molar refractivity (Wildman–Crippen MR) is 176 cm³/mol. The van der Waals surface area contributed by atoms with Gasteiger partial charge in [-0.15, -0.1) is 0 Å². The van der Waals surface area contributed by atoms with Gasteiger partial charge in [0.05, 0.1) is 36.4 Å². The van der Waals surface area contributed by atoms with Crippen LogP contribution in [0.4, 0.5) is 4.79 Å². The summed E-state index contributed by atoms with van der Waals surface area (Å²) in [6, 6.07) is 17.6. The van der Waals surface area contributed by atoms with Gasteiger partial charge in [-0.25, -0.2) is 14.8 Å². The van der Waals surface area contributed by atoms with Crippen molar-refractivity contribution in [1.29, 1.82) is 0 Å². The van der Waals surface area contributed by atoms with Gasteiger partial charge in [0.25, 0.3) is 0 Å². The van der Waals surface area contributed by atoms with Crippen LogP contribution in [0.5, 0.6) is 5.75 Å². The van der Waals surface area contributed by atoms with Crippen LogP contribution in [0.3, 0.4) is 0 Å². The summed E-state index contributed by atoms with van der Waals surface area (Å²) in [4.78, 5) is 30.6. The second-order valence-electron chi connectivity index (χ2n) is 13.0. The molecule has 4 heterocycles. The molecule has 1 atom stereocenters. The van der Waals surface area contributed by atoms with Crippen LogP contribution in [0, 0.1) is 0 Å². The van der Waals surface area contributed by atoms with Crippen LogP contribution in [0.25, 0.3) is 44.4 Å². The largest absolute Gasteiger partial charge is 0.488 e. The van der Waals surface area contributed by atoms with E-state index in [1.54, 1.807) is 4.90 Å². The summed E-state index contributed by atoms with van der Waals surface area (Å²) >= 11 is 0. The van der Waals surface area contributed by atoms with Crippen LogP contribution in [0.1, 0.15) is 70.2 Å². The van der Waals surface area contributed by atoms with E-state index in [-0.39, 0.29) is 6.09 Å². The number of benzene rings is 3. The number of carbonyl (C=O) groups is 1. The quantitative estimate of drug-likeness (QED) is 0.175. The average Bonchev–Trinajstić information content (AvgIpc) is 3.81. The van der Waals surface area contributed by atoms with Gasteiger partial charge in [0, 0.05) is 23.1 Å². The van der Waals surface area contributed by atoms with Crippen LogP contribution in [0.2, 0.25) is 0 Å². The van der Waals surface area contributed by atoms with Gasteiger partial charge in [0.2, 0.25) is 0 Å². The predicted octanol–water partition coefficient (Wildman–Crippen LogP) is 7.75. The molecule has 1 amide bonds. The van der Waals surface area contributed by atoms with E-state index >= 15 is 0 Å². The van der Waals surface area contributed by atoms with E-state index in [0.717, 1.165) is 75.6 Å². The van der Waals surface area contributed by atoms with Crippen molar-refractivity contribution in [1.82, 2.24) is 30.2 Å². The molecule has 0 saturated carbocycles. The minimum atomic E-state index is -0.548. The Kier molecular flexibility index (Phi) is 7.57. The molecule has 3 N–H and O–H groups in total. The van der Waals surface area contributed by atoms with Gasteiger partial charge in [-0.1, -0.05) is 37.3 Å². The zero-order chi connectivity index (χ0) is 31.1. The van der Waals surface area contributed by atoms with Crippen molar-refractivity contribution in [3.63, 3.8) is 0 Å². The van der Waals surface area contributed by atoms with Crippen molar-refractivity contribution in [3.8, 4) is 39.4 Å². The Hall–Kier alpha value is -4.63. The van der Waals surface area contributed by atoms with Crippen LogP contribution < -0.4 is 10.1 Å². The molecule has 0 spiro atoms. The lowest BCUT2D eigenvalue weighted by Crippen LogP contribution is -2.37. The molecule has 1 unspecified atom stereocenters. The monoisotopic (exact) mass is 604 g/mol. The van der Waals surface area contributed by atoms with Crippen LogP contribution in [-0.2, 0) is 17.9 Å². The SMILES string of the molecule is CCCN(Cc1ncc(-c2ccc3c4c(ccc3c2)-c2ccc(-c3cnc(C5CCCN5)[nH]3)cc2CO4)[nH]1)C(=O)OC(C)(C)C. The van der Waals surface area contributed by atoms with Gasteiger partial charge in [0.15, 0.2) is 0 Å². The fraction of sp³-hybridized carbons (Fsp3) is 0.361. The number of imidazole rings is 2. The number of amides is 1. The summed E-state index contributed by atoms with van der Waals surface area (Å²) in [5, 5.41) is 5.68. The Morgan fingerprint density at radius 3 is 2.58 bits per heavy atom. The first-order chi connectivity index (χ1) is 21.8. The van der Waals surface area contributed by atoms with Gasteiger partial charge in [-0.3, -0.25) is 0 Å². The molecule has 9 heteroatoms. The summed E-state index contributed by atoms with van der Waals surface area (Å²) in [5.74, 6) is 2.64. The van der Waals surface area contributed by atoms with E-state index in [4.69, 9.17) is 9.47 Å². The van der Waals surface area contributed by atoms with Crippen molar-refractivity contribution >= 4 is 16.9 Å². The summed E-state index contributed by atoms with van der Waals surface area (Å²) in [6.45, 7) is 10.2. The minimum Gasteiger partial charge on any atom is -0.488 e. The normalized spacial score (nSPS) is 15.9. The highest BCUT2D eigenvalue weighted by Crippen LogP contribution is 2.44. The number of fused-ring (bicyclic) bond motifs is 5. The number of aromatic nitrogens is 4. The summed E-state index contributed by atoms with van der Waals surface area (Å²) in [5.41, 5.74) is 6.98. The molecule has 232 valence electrons. The molecule has 7 rings (SSSR count). The number of ether oxygens (including phenoxy) is 2. The Morgan fingerprint density at radius 1 is 1.00 bits per heavy atom. The first-order valence-electron chi connectivity index (χ1n) is 15.9. The number of H-pyrrole nitrogens is 2. The number of carbonyl (C=O) groups excluding carboxylic acids is 1.